The number of nitro benzene ring substituents is 1. The molecule has 28 heavy (non-hydrogen) atoms. The molecular weight excluding hydrogens is 388 g/mol. The summed E-state index contributed by atoms with van der Waals surface area (Å²) < 4.78 is 5.32. The molecule has 10 heteroatoms. The van der Waals surface area contributed by atoms with Crippen molar-refractivity contribution >= 4 is 29.3 Å². The molecule has 3 atom stereocenters. The maximum absolute atomic E-state index is 12.7. The Hall–Kier alpha value is -2.43. The Labute approximate surface area is 165 Å². The van der Waals surface area contributed by atoms with Gasteiger partial charge in [-0.2, -0.15) is 0 Å². The second-order valence-electron chi connectivity index (χ2n) is 6.59. The number of hydrogen-bond donors (Lipinski definition) is 2. The minimum absolute atomic E-state index is 0.0607. The predicted octanol–water partition coefficient (Wildman–Crippen LogP) is 1.19. The second-order valence-corrected chi connectivity index (χ2v) is 7.78. The van der Waals surface area contributed by atoms with Crippen LogP contribution in [0, 0.1) is 16.0 Å². The van der Waals surface area contributed by atoms with Crippen LogP contribution in [0.15, 0.2) is 34.9 Å². The molecule has 2 N–H and O–H groups in total. The van der Waals surface area contributed by atoms with Crippen molar-refractivity contribution in [2.75, 3.05) is 12.4 Å². The van der Waals surface area contributed by atoms with Gasteiger partial charge in [-0.3, -0.25) is 14.9 Å². The van der Waals surface area contributed by atoms with Crippen LogP contribution in [0.1, 0.15) is 18.9 Å². The third-order valence-corrected chi connectivity index (χ3v) is 5.86. The number of nitrogens with zero attached hydrogens (tertiary/aromatic N) is 2. The number of ether oxygens (including phenoxy) is 1. The lowest BCUT2D eigenvalue weighted by Crippen LogP contribution is -2.61. The molecule has 2 aliphatic heterocycles. The van der Waals surface area contributed by atoms with E-state index in [1.54, 1.807) is 6.92 Å². The molecule has 1 fully saturated rings. The van der Waals surface area contributed by atoms with Gasteiger partial charge in [0.25, 0.3) is 5.69 Å². The first-order valence-electron chi connectivity index (χ1n) is 8.73. The largest absolute Gasteiger partial charge is 0.456 e. The fourth-order valence-electron chi connectivity index (χ4n) is 3.45. The van der Waals surface area contributed by atoms with Crippen LogP contribution in [0.4, 0.5) is 5.69 Å². The quantitative estimate of drug-likeness (QED) is 0.284. The maximum atomic E-state index is 12.7. The van der Waals surface area contributed by atoms with Gasteiger partial charge in [0, 0.05) is 29.2 Å². The van der Waals surface area contributed by atoms with Crippen molar-refractivity contribution in [1.29, 1.82) is 0 Å². The fourth-order valence-corrected chi connectivity index (χ4v) is 4.39. The lowest BCUT2D eigenvalue weighted by molar-refractivity contribution is -0.384. The van der Waals surface area contributed by atoms with E-state index >= 15 is 0 Å². The standard InChI is InChI=1S/C18H20N2O7S/c1-10(22)15-13-8-14(28-7-6-21)16(19(13)17(15)23)18(24)27-9-11-2-4-12(5-3-11)20(25)26/h2-5,10,13,15,21-22H,6-9H2,1H3/t10-,13+,15-/m0/s1. The molecular formula is C18H20N2O7S. The number of carbonyl (C=O) groups excluding carboxylic acids is 2. The van der Waals surface area contributed by atoms with Crippen molar-refractivity contribution in [1.82, 2.24) is 4.90 Å². The number of fused-ring (bicyclic) bond motifs is 1. The number of aliphatic hydroxyl groups is 2. The number of nitro groups is 1. The van der Waals surface area contributed by atoms with E-state index in [2.05, 4.69) is 0 Å². The average molecular weight is 408 g/mol. The highest BCUT2D eigenvalue weighted by molar-refractivity contribution is 8.03. The summed E-state index contributed by atoms with van der Waals surface area (Å²) in [4.78, 5) is 37.3. The van der Waals surface area contributed by atoms with Crippen LogP contribution in [0.25, 0.3) is 0 Å². The molecule has 0 bridgehead atoms. The van der Waals surface area contributed by atoms with Crippen LogP contribution in [0.3, 0.4) is 0 Å². The van der Waals surface area contributed by atoms with E-state index < -0.39 is 22.9 Å². The summed E-state index contributed by atoms with van der Waals surface area (Å²) in [6.45, 7) is 1.38. The summed E-state index contributed by atoms with van der Waals surface area (Å²) in [6, 6.07) is 5.36. The summed E-state index contributed by atoms with van der Waals surface area (Å²) in [5.41, 5.74) is 0.678. The number of benzene rings is 1. The Balaban J connectivity index is 1.72. The van der Waals surface area contributed by atoms with Crippen molar-refractivity contribution in [3.63, 3.8) is 0 Å². The first kappa shape index (κ1) is 20.3. The maximum Gasteiger partial charge on any atom is 0.356 e. The normalized spacial score (nSPS) is 22.0. The van der Waals surface area contributed by atoms with Crippen LogP contribution >= 0.6 is 11.8 Å². The Kier molecular flexibility index (Phi) is 6.01. The van der Waals surface area contributed by atoms with Crippen molar-refractivity contribution in [2.24, 2.45) is 5.92 Å². The molecule has 3 rings (SSSR count). The zero-order valence-corrected chi connectivity index (χ0v) is 15.9. The van der Waals surface area contributed by atoms with Gasteiger partial charge in [0.15, 0.2) is 0 Å². The molecule has 0 unspecified atom stereocenters. The van der Waals surface area contributed by atoms with Gasteiger partial charge in [-0.05, 0) is 24.6 Å². The smallest absolute Gasteiger partial charge is 0.356 e. The van der Waals surface area contributed by atoms with E-state index in [1.165, 1.54) is 40.9 Å². The SMILES string of the molecule is C[C@H](O)[C@@H]1C(=O)N2C(C(=O)OCc3ccc([N+](=O)[O-])cc3)=C(SCCO)C[C@H]12. The number of carbonyl (C=O) groups is 2. The Morgan fingerprint density at radius 1 is 1.43 bits per heavy atom. The van der Waals surface area contributed by atoms with Gasteiger partial charge in [-0.1, -0.05) is 0 Å². The molecule has 1 amide bonds. The number of amides is 1. The van der Waals surface area contributed by atoms with Crippen molar-refractivity contribution in [2.45, 2.75) is 32.1 Å². The lowest BCUT2D eigenvalue weighted by Gasteiger charge is -2.44. The van der Waals surface area contributed by atoms with Crippen molar-refractivity contribution in [3.8, 4) is 0 Å². The van der Waals surface area contributed by atoms with E-state index in [1.807, 2.05) is 0 Å². The van der Waals surface area contributed by atoms with Crippen LogP contribution in [-0.4, -0.2) is 56.4 Å². The molecule has 1 aromatic carbocycles. The zero-order chi connectivity index (χ0) is 20.4. The van der Waals surface area contributed by atoms with E-state index in [0.29, 0.717) is 22.6 Å². The van der Waals surface area contributed by atoms with E-state index in [4.69, 9.17) is 9.84 Å². The minimum atomic E-state index is -0.812. The molecule has 2 aliphatic rings. The van der Waals surface area contributed by atoms with Gasteiger partial charge in [0.1, 0.15) is 12.3 Å². The molecule has 150 valence electrons. The number of thioether (sulfide) groups is 1. The monoisotopic (exact) mass is 408 g/mol. The minimum Gasteiger partial charge on any atom is -0.456 e. The first-order chi connectivity index (χ1) is 13.3. The summed E-state index contributed by atoms with van der Waals surface area (Å²) in [5.74, 6) is -1.16. The zero-order valence-electron chi connectivity index (χ0n) is 15.1. The molecule has 0 spiro atoms. The molecule has 0 radical (unpaired) electrons. The van der Waals surface area contributed by atoms with Gasteiger partial charge < -0.3 is 19.8 Å². The Morgan fingerprint density at radius 3 is 2.68 bits per heavy atom. The number of β-lactam (4-membered cyclic amide) rings is 1. The van der Waals surface area contributed by atoms with Gasteiger partial charge in [0.2, 0.25) is 5.91 Å². The van der Waals surface area contributed by atoms with E-state index in [0.717, 1.165) is 0 Å². The Morgan fingerprint density at radius 2 is 2.11 bits per heavy atom. The molecule has 0 aliphatic carbocycles. The summed E-state index contributed by atoms with van der Waals surface area (Å²) in [5, 5.41) is 29.6. The molecule has 2 heterocycles. The summed E-state index contributed by atoms with van der Waals surface area (Å²) in [7, 11) is 0. The van der Waals surface area contributed by atoms with Crippen LogP contribution in [0.5, 0.6) is 0 Å². The molecule has 1 saturated heterocycles. The topological polar surface area (TPSA) is 130 Å². The molecule has 0 aromatic heterocycles. The van der Waals surface area contributed by atoms with Gasteiger partial charge in [0.05, 0.1) is 29.6 Å². The fraction of sp³-hybridized carbons (Fsp3) is 0.444. The molecule has 1 aromatic rings. The third-order valence-electron chi connectivity index (χ3n) is 4.77. The highest BCUT2D eigenvalue weighted by atomic mass is 32.2. The van der Waals surface area contributed by atoms with Gasteiger partial charge in [-0.25, -0.2) is 4.79 Å². The lowest BCUT2D eigenvalue weighted by atomic mass is 9.83. The number of hydrogen-bond acceptors (Lipinski definition) is 8. The van der Waals surface area contributed by atoms with Crippen LogP contribution in [-0.2, 0) is 20.9 Å². The van der Waals surface area contributed by atoms with Gasteiger partial charge >= 0.3 is 5.97 Å². The first-order valence-corrected chi connectivity index (χ1v) is 9.72. The van der Waals surface area contributed by atoms with E-state index in [9.17, 15) is 24.8 Å². The van der Waals surface area contributed by atoms with Crippen molar-refractivity contribution in [3.05, 3.63) is 50.5 Å². The number of aliphatic hydroxyl groups excluding tert-OH is 2. The van der Waals surface area contributed by atoms with Gasteiger partial charge in [-0.15, -0.1) is 11.8 Å². The summed E-state index contributed by atoms with van der Waals surface area (Å²) >= 11 is 1.29. The highest BCUT2D eigenvalue weighted by Gasteiger charge is 2.56. The van der Waals surface area contributed by atoms with E-state index in [-0.39, 0.29) is 36.5 Å². The van der Waals surface area contributed by atoms with Crippen molar-refractivity contribution < 1.29 is 29.5 Å². The second kappa shape index (κ2) is 8.29. The van der Waals surface area contributed by atoms with Crippen LogP contribution in [0.2, 0.25) is 0 Å². The third kappa shape index (κ3) is 3.75. The number of non-ortho nitro benzene ring substituents is 1. The average Bonchev–Trinajstić information content (AvgIpc) is 2.98. The predicted molar refractivity (Wildman–Crippen MR) is 99.9 cm³/mol. The molecule has 9 nitrogen and oxygen atoms in total. The van der Waals surface area contributed by atoms with Crippen LogP contribution < -0.4 is 0 Å². The number of esters is 1. The Bertz CT molecular complexity index is 822. The number of rotatable bonds is 8. The highest BCUT2D eigenvalue weighted by Crippen LogP contribution is 2.47. The summed E-state index contributed by atoms with van der Waals surface area (Å²) in [6.07, 6.45) is -0.373. The molecule has 0 saturated carbocycles.